The van der Waals surface area contributed by atoms with Crippen molar-refractivity contribution in [3.63, 3.8) is 0 Å². The zero-order valence-electron chi connectivity index (χ0n) is 19.1. The SMILES string of the molecule is Cc1ccc(F)cc1N1C=C2N=C(C3CN(Cc4nc5ccccc5[nH]4)CC3C)NC(=O)N2C1. The smallest absolute Gasteiger partial charge is 0.329 e. The van der Waals surface area contributed by atoms with Gasteiger partial charge < -0.3 is 9.88 Å². The number of H-pyrrole nitrogens is 1. The lowest BCUT2D eigenvalue weighted by Crippen LogP contribution is -2.49. The summed E-state index contributed by atoms with van der Waals surface area (Å²) in [5.74, 6) is 2.37. The molecule has 2 aromatic carbocycles. The Balaban J connectivity index is 1.21. The molecule has 0 saturated carbocycles. The van der Waals surface area contributed by atoms with Gasteiger partial charge in [0.25, 0.3) is 0 Å². The maximum Gasteiger partial charge on any atom is 0.329 e. The summed E-state index contributed by atoms with van der Waals surface area (Å²) in [6.07, 6.45) is 1.83. The number of hydrogen-bond acceptors (Lipinski definition) is 5. The summed E-state index contributed by atoms with van der Waals surface area (Å²) in [5.41, 5.74) is 3.68. The second-order valence-electron chi connectivity index (χ2n) is 9.36. The van der Waals surface area contributed by atoms with Crippen molar-refractivity contribution in [2.75, 3.05) is 24.7 Å². The monoisotopic (exact) mass is 459 g/mol. The van der Waals surface area contributed by atoms with Crippen LogP contribution < -0.4 is 10.2 Å². The Morgan fingerprint density at radius 1 is 1.18 bits per heavy atom. The van der Waals surface area contributed by atoms with Crippen LogP contribution in [0, 0.1) is 24.6 Å². The number of likely N-dealkylation sites (tertiary alicyclic amines) is 1. The molecule has 0 radical (unpaired) electrons. The van der Waals surface area contributed by atoms with E-state index in [0.29, 0.717) is 24.2 Å². The van der Waals surface area contributed by atoms with Crippen molar-refractivity contribution >= 4 is 28.6 Å². The highest BCUT2D eigenvalue weighted by Crippen LogP contribution is 2.32. The van der Waals surface area contributed by atoms with Gasteiger partial charge in [-0.3, -0.25) is 15.1 Å². The minimum atomic E-state index is -0.304. The number of para-hydroxylation sites is 2. The van der Waals surface area contributed by atoms with Gasteiger partial charge in [-0.15, -0.1) is 0 Å². The Morgan fingerprint density at radius 3 is 2.88 bits per heavy atom. The number of imidazole rings is 1. The second-order valence-corrected chi connectivity index (χ2v) is 9.36. The molecule has 0 bridgehead atoms. The van der Waals surface area contributed by atoms with E-state index in [1.807, 2.05) is 42.3 Å². The van der Waals surface area contributed by atoms with E-state index in [0.717, 1.165) is 47.7 Å². The lowest BCUT2D eigenvalue weighted by Gasteiger charge is -2.28. The van der Waals surface area contributed by atoms with E-state index in [4.69, 9.17) is 9.98 Å². The largest absolute Gasteiger partial charge is 0.341 e. The van der Waals surface area contributed by atoms with Crippen molar-refractivity contribution in [1.29, 1.82) is 0 Å². The molecule has 0 aliphatic carbocycles. The molecular weight excluding hydrogens is 433 g/mol. The number of amidine groups is 1. The Morgan fingerprint density at radius 2 is 2.03 bits per heavy atom. The van der Waals surface area contributed by atoms with Gasteiger partial charge in [0.2, 0.25) is 0 Å². The molecule has 1 fully saturated rings. The molecule has 3 aliphatic rings. The first-order chi connectivity index (χ1) is 16.4. The van der Waals surface area contributed by atoms with Crippen LogP contribution in [0.25, 0.3) is 11.0 Å². The van der Waals surface area contributed by atoms with E-state index in [9.17, 15) is 9.18 Å². The molecule has 8 nitrogen and oxygen atoms in total. The van der Waals surface area contributed by atoms with Crippen LogP contribution in [0.15, 0.2) is 59.5 Å². The fraction of sp³-hybridized carbons (Fsp3) is 0.320. The van der Waals surface area contributed by atoms with Crippen LogP contribution in [0.3, 0.4) is 0 Å². The first kappa shape index (κ1) is 20.9. The molecule has 0 spiro atoms. The van der Waals surface area contributed by atoms with Crippen molar-refractivity contribution in [1.82, 2.24) is 25.1 Å². The van der Waals surface area contributed by atoms with Gasteiger partial charge in [-0.25, -0.2) is 19.2 Å². The number of halogens is 1. The van der Waals surface area contributed by atoms with Crippen LogP contribution in [-0.4, -0.2) is 51.4 Å². The van der Waals surface area contributed by atoms with Crippen LogP contribution in [0.4, 0.5) is 14.9 Å². The van der Waals surface area contributed by atoms with Crippen molar-refractivity contribution in [2.24, 2.45) is 16.8 Å². The highest BCUT2D eigenvalue weighted by molar-refractivity contribution is 6.02. The average Bonchev–Trinajstić information content (AvgIpc) is 3.51. The number of aryl methyl sites for hydroxylation is 1. The number of aliphatic imine (C=N–C) groups is 1. The number of aromatic amines is 1. The number of hydrogen-bond donors (Lipinski definition) is 2. The molecule has 9 heteroatoms. The number of rotatable bonds is 4. The summed E-state index contributed by atoms with van der Waals surface area (Å²) >= 11 is 0. The summed E-state index contributed by atoms with van der Waals surface area (Å²) in [7, 11) is 0. The minimum absolute atomic E-state index is 0.112. The molecule has 6 rings (SSSR count). The molecule has 4 heterocycles. The first-order valence-electron chi connectivity index (χ1n) is 11.5. The number of aromatic nitrogens is 2. The normalized spacial score (nSPS) is 22.7. The minimum Gasteiger partial charge on any atom is -0.341 e. The van der Waals surface area contributed by atoms with Gasteiger partial charge >= 0.3 is 6.03 Å². The summed E-state index contributed by atoms with van der Waals surface area (Å²) in [6, 6.07) is 12.5. The average molecular weight is 460 g/mol. The van der Waals surface area contributed by atoms with E-state index >= 15 is 0 Å². The number of amides is 2. The van der Waals surface area contributed by atoms with Crippen molar-refractivity contribution in [3.05, 3.63) is 71.7 Å². The van der Waals surface area contributed by atoms with Crippen LogP contribution in [0.5, 0.6) is 0 Å². The van der Waals surface area contributed by atoms with Gasteiger partial charge in [-0.05, 0) is 42.7 Å². The van der Waals surface area contributed by atoms with E-state index in [2.05, 4.69) is 22.1 Å². The van der Waals surface area contributed by atoms with Crippen molar-refractivity contribution in [2.45, 2.75) is 20.4 Å². The third-order valence-electron chi connectivity index (χ3n) is 6.89. The highest BCUT2D eigenvalue weighted by atomic mass is 19.1. The molecule has 1 aromatic heterocycles. The quantitative estimate of drug-likeness (QED) is 0.622. The summed E-state index contributed by atoms with van der Waals surface area (Å²) in [6.45, 7) is 6.83. The van der Waals surface area contributed by atoms with E-state index < -0.39 is 0 Å². The van der Waals surface area contributed by atoms with Gasteiger partial charge in [-0.1, -0.05) is 25.1 Å². The molecule has 2 atom stereocenters. The van der Waals surface area contributed by atoms with Gasteiger partial charge in [0.15, 0.2) is 5.82 Å². The molecule has 2 N–H and O–H groups in total. The number of urea groups is 1. The zero-order chi connectivity index (χ0) is 23.4. The topological polar surface area (TPSA) is 79.9 Å². The first-order valence-corrected chi connectivity index (χ1v) is 11.5. The number of fused-ring (bicyclic) bond motifs is 2. The van der Waals surface area contributed by atoms with E-state index in [1.54, 1.807) is 11.0 Å². The molecular formula is C25H26FN7O. The standard InChI is InChI=1S/C25H26FN7O/c1-15-7-8-17(26)9-21(15)32-13-23-29-24(30-25(34)33(23)14-32)18-11-31(10-16(18)2)12-22-27-19-5-3-4-6-20(19)28-22/h3-9,13,16,18H,10-12,14H2,1-2H3,(H,27,28)(H,29,30,34). The van der Waals surface area contributed by atoms with E-state index in [-0.39, 0.29) is 17.8 Å². The van der Waals surface area contributed by atoms with Crippen LogP contribution in [0.2, 0.25) is 0 Å². The predicted molar refractivity (Wildman–Crippen MR) is 128 cm³/mol. The molecule has 174 valence electrons. The van der Waals surface area contributed by atoms with Crippen molar-refractivity contribution < 1.29 is 9.18 Å². The Labute approximate surface area is 196 Å². The van der Waals surface area contributed by atoms with Gasteiger partial charge in [0, 0.05) is 30.9 Å². The number of benzene rings is 2. The fourth-order valence-corrected chi connectivity index (χ4v) is 5.12. The van der Waals surface area contributed by atoms with E-state index in [1.165, 1.54) is 12.1 Å². The third kappa shape index (κ3) is 3.62. The van der Waals surface area contributed by atoms with Gasteiger partial charge in [-0.2, -0.15) is 0 Å². The fourth-order valence-electron chi connectivity index (χ4n) is 5.12. The Hall–Kier alpha value is -3.72. The zero-order valence-corrected chi connectivity index (χ0v) is 19.1. The number of carbonyl (C=O) groups excluding carboxylic acids is 1. The second kappa shape index (κ2) is 7.95. The number of anilines is 1. The molecule has 2 unspecified atom stereocenters. The summed E-state index contributed by atoms with van der Waals surface area (Å²) < 4.78 is 13.8. The Bertz CT molecular complexity index is 1310. The lowest BCUT2D eigenvalue weighted by molar-refractivity contribution is 0.216. The maximum atomic E-state index is 13.8. The third-order valence-corrected chi connectivity index (χ3v) is 6.89. The number of carbonyl (C=O) groups is 1. The van der Waals surface area contributed by atoms with Crippen molar-refractivity contribution in [3.8, 4) is 0 Å². The molecule has 3 aliphatic heterocycles. The predicted octanol–water partition coefficient (Wildman–Crippen LogP) is 3.78. The molecule has 2 amide bonds. The van der Waals surface area contributed by atoms with Gasteiger partial charge in [0.05, 0.1) is 17.6 Å². The maximum absolute atomic E-state index is 13.8. The highest BCUT2D eigenvalue weighted by Gasteiger charge is 2.39. The van der Waals surface area contributed by atoms with Gasteiger partial charge in [0.1, 0.15) is 24.1 Å². The number of nitrogens with zero attached hydrogens (tertiary/aromatic N) is 5. The van der Waals surface area contributed by atoms with Crippen LogP contribution in [-0.2, 0) is 6.54 Å². The summed E-state index contributed by atoms with van der Waals surface area (Å²) in [5, 5.41) is 3.01. The molecule has 34 heavy (non-hydrogen) atoms. The van der Waals surface area contributed by atoms with Crippen LogP contribution >= 0.6 is 0 Å². The Kier molecular flexibility index (Phi) is 4.88. The molecule has 1 saturated heterocycles. The summed E-state index contributed by atoms with van der Waals surface area (Å²) in [4.78, 5) is 31.6. The molecule has 3 aromatic rings. The lowest BCUT2D eigenvalue weighted by atomic mass is 9.96. The number of nitrogens with one attached hydrogen (secondary N) is 2. The van der Waals surface area contributed by atoms with Crippen LogP contribution in [0.1, 0.15) is 18.3 Å².